The van der Waals surface area contributed by atoms with E-state index in [4.69, 9.17) is 9.15 Å². The molecule has 0 aliphatic heterocycles. The van der Waals surface area contributed by atoms with E-state index in [9.17, 15) is 9.70 Å². The van der Waals surface area contributed by atoms with E-state index in [1.807, 2.05) is 6.07 Å². The van der Waals surface area contributed by atoms with Crippen molar-refractivity contribution >= 4 is 22.6 Å². The van der Waals surface area contributed by atoms with E-state index in [-0.39, 0.29) is 11.7 Å². The molecule has 0 atom stereocenters. The lowest BCUT2D eigenvalue weighted by Gasteiger charge is -2.05. The first-order valence-corrected chi connectivity index (χ1v) is 7.16. The van der Waals surface area contributed by atoms with Crippen molar-refractivity contribution < 1.29 is 23.7 Å². The van der Waals surface area contributed by atoms with Gasteiger partial charge in [0.1, 0.15) is 5.75 Å². The molecule has 122 valence electrons. The first kappa shape index (κ1) is 15.5. The number of hydrogen-bond donors (Lipinski definition) is 1. The molecule has 0 spiro atoms. The number of furan rings is 1. The van der Waals surface area contributed by atoms with Crippen molar-refractivity contribution in [1.29, 1.82) is 0 Å². The highest BCUT2D eigenvalue weighted by molar-refractivity contribution is 5.97. The normalized spacial score (nSPS) is 10.4. The van der Waals surface area contributed by atoms with Crippen molar-refractivity contribution in [1.82, 2.24) is 5.32 Å². The van der Waals surface area contributed by atoms with Gasteiger partial charge in [0.25, 0.3) is 10.8 Å². The molecule has 3 rings (SSSR count). The Morgan fingerprint density at radius 1 is 1.17 bits per heavy atom. The summed E-state index contributed by atoms with van der Waals surface area (Å²) in [6.45, 7) is 0. The van der Waals surface area contributed by atoms with Crippen LogP contribution >= 0.6 is 0 Å². The molecule has 2 aromatic carbocycles. The molecule has 3 aromatic rings. The van der Waals surface area contributed by atoms with Crippen molar-refractivity contribution in [3.8, 4) is 11.5 Å². The summed E-state index contributed by atoms with van der Waals surface area (Å²) in [6.07, 6.45) is 0. The first-order valence-electron chi connectivity index (χ1n) is 7.16. The van der Waals surface area contributed by atoms with Crippen LogP contribution < -0.4 is 10.1 Å². The maximum Gasteiger partial charge on any atom is 0.317 e. The highest BCUT2D eigenvalue weighted by Gasteiger charge is 2.16. The lowest BCUT2D eigenvalue weighted by atomic mass is 10.2. The molecular formula is C17H15N2O5+. The van der Waals surface area contributed by atoms with E-state index in [0.29, 0.717) is 27.7 Å². The molecule has 0 radical (unpaired) electrons. The number of hydrogen-bond acceptors (Lipinski definition) is 5. The number of carbonyl (C=O) groups excluding carboxylic acids is 1. The van der Waals surface area contributed by atoms with Crippen LogP contribution in [-0.2, 0) is 4.84 Å². The van der Waals surface area contributed by atoms with E-state index >= 15 is 0 Å². The summed E-state index contributed by atoms with van der Waals surface area (Å²) < 4.78 is 11.4. The van der Waals surface area contributed by atoms with Gasteiger partial charge in [-0.25, -0.2) is 4.84 Å². The molecule has 0 aliphatic carbocycles. The summed E-state index contributed by atoms with van der Waals surface area (Å²) in [5.41, 5.74) is 0.825. The second-order valence-corrected chi connectivity index (χ2v) is 4.90. The Bertz CT molecular complexity index is 899. The van der Waals surface area contributed by atoms with Crippen LogP contribution in [-0.4, -0.2) is 25.0 Å². The van der Waals surface area contributed by atoms with Crippen molar-refractivity contribution in [2.24, 2.45) is 0 Å². The zero-order chi connectivity index (χ0) is 17.1. The number of nitrogens with zero attached hydrogens (tertiary/aromatic N) is 1. The Morgan fingerprint density at radius 3 is 2.58 bits per heavy atom. The molecule has 0 unspecified atom stereocenters. The van der Waals surface area contributed by atoms with Crippen LogP contribution in [0.5, 0.6) is 11.5 Å². The lowest BCUT2D eigenvalue weighted by molar-refractivity contribution is -0.736. The molecule has 1 heterocycles. The smallest absolute Gasteiger partial charge is 0.317 e. The van der Waals surface area contributed by atoms with Gasteiger partial charge in [-0.2, -0.15) is 0 Å². The summed E-state index contributed by atoms with van der Waals surface area (Å²) in [4.78, 5) is 28.0. The highest BCUT2D eigenvalue weighted by Crippen LogP contribution is 2.32. The minimum atomic E-state index is -0.309. The number of benzene rings is 2. The summed E-state index contributed by atoms with van der Waals surface area (Å²) in [5, 5.41) is 3.27. The molecule has 0 saturated carbocycles. The number of ether oxygens (including phenoxy) is 1. The van der Waals surface area contributed by atoms with E-state index in [1.54, 1.807) is 42.5 Å². The molecule has 1 amide bonds. The predicted octanol–water partition coefficient (Wildman–Crippen LogP) is 3.56. The third-order valence-electron chi connectivity index (χ3n) is 3.40. The number of para-hydroxylation sites is 1. The van der Waals surface area contributed by atoms with Crippen molar-refractivity contribution in [3.05, 3.63) is 59.2 Å². The van der Waals surface area contributed by atoms with Crippen molar-refractivity contribution in [2.45, 2.75) is 0 Å². The molecule has 7 nitrogen and oxygen atoms in total. The van der Waals surface area contributed by atoms with E-state index in [2.05, 4.69) is 10.2 Å². The zero-order valence-electron chi connectivity index (χ0n) is 13.1. The van der Waals surface area contributed by atoms with Gasteiger partial charge in [-0.1, -0.05) is 12.1 Å². The molecule has 0 saturated heterocycles. The maximum atomic E-state index is 11.7. The second kappa shape index (κ2) is 6.41. The molecule has 1 aromatic heterocycles. The van der Waals surface area contributed by atoms with Crippen LogP contribution in [0, 0.1) is 4.91 Å². The Hall–Kier alpha value is -3.35. The predicted molar refractivity (Wildman–Crippen MR) is 86.4 cm³/mol. The zero-order valence-corrected chi connectivity index (χ0v) is 13.1. The van der Waals surface area contributed by atoms with E-state index in [0.717, 1.165) is 5.39 Å². The fraction of sp³-hybridized carbons (Fsp3) is 0.118. The van der Waals surface area contributed by atoms with Crippen LogP contribution in [0.1, 0.15) is 10.6 Å². The Morgan fingerprint density at radius 2 is 1.92 bits per heavy atom. The van der Waals surface area contributed by atoms with E-state index in [1.165, 1.54) is 14.2 Å². The van der Waals surface area contributed by atoms with E-state index < -0.39 is 0 Å². The molecule has 0 aliphatic rings. The molecular weight excluding hydrogens is 312 g/mol. The summed E-state index contributed by atoms with van der Waals surface area (Å²) >= 11 is 0. The van der Waals surface area contributed by atoms with Gasteiger partial charge in [-0.3, -0.25) is 4.79 Å². The average Bonchev–Trinajstić information content (AvgIpc) is 3.06. The van der Waals surface area contributed by atoms with Crippen LogP contribution in [0.2, 0.25) is 0 Å². The van der Waals surface area contributed by atoms with Gasteiger partial charge in [0, 0.05) is 24.6 Å². The average molecular weight is 327 g/mol. The maximum absolute atomic E-state index is 11.7. The Balaban J connectivity index is 1.91. The van der Waals surface area contributed by atoms with Gasteiger partial charge < -0.3 is 14.5 Å². The minimum Gasteiger partial charge on any atom is -0.453 e. The molecule has 1 N–H and O–H groups in total. The SMILES string of the molecule is CNC(=O)c1cc2cccc(Oc3ccc([N+](=O)OC)cc3)c2o1. The molecule has 7 heteroatoms. The Kier molecular flexibility index (Phi) is 4.15. The van der Waals surface area contributed by atoms with Crippen LogP contribution in [0.25, 0.3) is 11.0 Å². The minimum absolute atomic E-state index is 0.209. The topological polar surface area (TPSA) is 80.8 Å². The fourth-order valence-corrected chi connectivity index (χ4v) is 2.22. The van der Waals surface area contributed by atoms with Crippen LogP contribution in [0.3, 0.4) is 0 Å². The number of carbonyl (C=O) groups is 1. The fourth-order valence-electron chi connectivity index (χ4n) is 2.22. The molecule has 0 fully saturated rings. The number of rotatable bonds is 5. The van der Waals surface area contributed by atoms with Gasteiger partial charge in [0.2, 0.25) is 0 Å². The largest absolute Gasteiger partial charge is 0.453 e. The number of amides is 1. The second-order valence-electron chi connectivity index (χ2n) is 4.90. The van der Waals surface area contributed by atoms with Crippen LogP contribution in [0.15, 0.2) is 52.9 Å². The lowest BCUT2D eigenvalue weighted by Crippen LogP contribution is -2.16. The van der Waals surface area contributed by atoms with Crippen LogP contribution in [0.4, 0.5) is 5.69 Å². The van der Waals surface area contributed by atoms with Crippen molar-refractivity contribution in [2.75, 3.05) is 14.2 Å². The first-order chi connectivity index (χ1) is 11.6. The van der Waals surface area contributed by atoms with Crippen molar-refractivity contribution in [3.63, 3.8) is 0 Å². The Labute approximate surface area is 137 Å². The number of nitrogens with one attached hydrogen (secondary N) is 1. The monoisotopic (exact) mass is 327 g/mol. The molecule has 0 bridgehead atoms. The summed E-state index contributed by atoms with van der Waals surface area (Å²) in [7, 11) is 2.83. The van der Waals surface area contributed by atoms with Gasteiger partial charge >= 0.3 is 5.69 Å². The standard InChI is InChI=1S/C17H14N2O5/c1-18-17(20)15-10-11-4-3-5-14(16(11)24-15)23-13-8-6-12(7-9-13)19(21)22-2/h3-10H,1-2H3/p+1. The van der Waals surface area contributed by atoms with Gasteiger partial charge in [0.15, 0.2) is 24.2 Å². The van der Waals surface area contributed by atoms with Gasteiger partial charge in [-0.15, -0.1) is 0 Å². The quantitative estimate of drug-likeness (QED) is 0.725. The highest BCUT2D eigenvalue weighted by atomic mass is 16.8. The summed E-state index contributed by atoms with van der Waals surface area (Å²) in [5.74, 6) is 0.896. The van der Waals surface area contributed by atoms with Gasteiger partial charge in [0.05, 0.1) is 4.91 Å². The summed E-state index contributed by atoms with van der Waals surface area (Å²) in [6, 6.07) is 13.4. The van der Waals surface area contributed by atoms with Gasteiger partial charge in [-0.05, 0) is 24.3 Å². The number of fused-ring (bicyclic) bond motifs is 1. The molecule has 24 heavy (non-hydrogen) atoms. The third-order valence-corrected chi connectivity index (χ3v) is 3.40. The third kappa shape index (κ3) is 2.91.